The molecule has 2 fully saturated rings. The Labute approximate surface area is 130 Å². The summed E-state index contributed by atoms with van der Waals surface area (Å²) in [4.78, 5) is 2.37. The Hall–Kier alpha value is -0.130. The summed E-state index contributed by atoms with van der Waals surface area (Å²) in [6.45, 7) is 10.4. The van der Waals surface area contributed by atoms with Crippen LogP contribution in [0, 0.1) is 17.8 Å². The van der Waals surface area contributed by atoms with E-state index in [9.17, 15) is 8.42 Å². The van der Waals surface area contributed by atoms with E-state index >= 15 is 0 Å². The summed E-state index contributed by atoms with van der Waals surface area (Å²) in [5, 5.41) is 3.65. The van der Waals surface area contributed by atoms with E-state index in [1.165, 1.54) is 19.3 Å². The molecule has 0 amide bonds. The molecule has 0 radical (unpaired) electrons. The average Bonchev–Trinajstić information content (AvgIpc) is 2.43. The first-order valence-corrected chi connectivity index (χ1v) is 10.4. The fourth-order valence-corrected chi connectivity index (χ4v) is 5.18. The van der Waals surface area contributed by atoms with Crippen LogP contribution in [-0.2, 0) is 9.84 Å². The standard InChI is InChI=1S/C16H32N2O2S/c1-4-17-16-6-5-14(13(2)3)11-15(16)12-18-7-9-21(19,20)10-8-18/h13-17H,4-12H2,1-3H3. The van der Waals surface area contributed by atoms with Crippen LogP contribution in [0.25, 0.3) is 0 Å². The number of hydrogen-bond donors (Lipinski definition) is 1. The average molecular weight is 317 g/mol. The second kappa shape index (κ2) is 7.42. The third kappa shape index (κ3) is 4.93. The van der Waals surface area contributed by atoms with Crippen molar-refractivity contribution >= 4 is 9.84 Å². The first kappa shape index (κ1) is 17.2. The molecule has 124 valence electrons. The van der Waals surface area contributed by atoms with Crippen molar-refractivity contribution in [1.82, 2.24) is 10.2 Å². The zero-order chi connectivity index (χ0) is 15.5. The van der Waals surface area contributed by atoms with Gasteiger partial charge in [0, 0.05) is 25.7 Å². The molecular weight excluding hydrogens is 284 g/mol. The van der Waals surface area contributed by atoms with E-state index in [2.05, 4.69) is 31.0 Å². The number of nitrogens with zero attached hydrogens (tertiary/aromatic N) is 1. The van der Waals surface area contributed by atoms with E-state index in [1.807, 2.05) is 0 Å². The third-order valence-electron chi connectivity index (χ3n) is 5.36. The molecule has 0 bridgehead atoms. The van der Waals surface area contributed by atoms with E-state index < -0.39 is 9.84 Å². The monoisotopic (exact) mass is 316 g/mol. The highest BCUT2D eigenvalue weighted by Crippen LogP contribution is 2.34. The highest BCUT2D eigenvalue weighted by atomic mass is 32.2. The molecular formula is C16H32N2O2S. The summed E-state index contributed by atoms with van der Waals surface area (Å²) in [7, 11) is -2.76. The van der Waals surface area contributed by atoms with Crippen molar-refractivity contribution in [1.29, 1.82) is 0 Å². The predicted octanol–water partition coefficient (Wildman–Crippen LogP) is 1.77. The lowest BCUT2D eigenvalue weighted by atomic mass is 9.73. The Balaban J connectivity index is 1.93. The molecule has 3 unspecified atom stereocenters. The van der Waals surface area contributed by atoms with Gasteiger partial charge < -0.3 is 10.2 Å². The smallest absolute Gasteiger partial charge is 0.152 e. The fourth-order valence-electron chi connectivity index (χ4n) is 3.90. The van der Waals surface area contributed by atoms with Crippen LogP contribution in [0.5, 0.6) is 0 Å². The van der Waals surface area contributed by atoms with Gasteiger partial charge in [0.15, 0.2) is 9.84 Å². The first-order chi connectivity index (χ1) is 9.91. The van der Waals surface area contributed by atoms with Crippen LogP contribution in [0.15, 0.2) is 0 Å². The molecule has 0 spiro atoms. The van der Waals surface area contributed by atoms with Crippen molar-refractivity contribution in [2.24, 2.45) is 17.8 Å². The van der Waals surface area contributed by atoms with Crippen LogP contribution in [0.3, 0.4) is 0 Å². The maximum Gasteiger partial charge on any atom is 0.152 e. The van der Waals surface area contributed by atoms with Crippen molar-refractivity contribution in [2.75, 3.05) is 37.7 Å². The molecule has 0 aromatic heterocycles. The molecule has 1 heterocycles. The lowest BCUT2D eigenvalue weighted by Crippen LogP contribution is -2.49. The molecule has 1 N–H and O–H groups in total. The molecule has 1 aliphatic carbocycles. The largest absolute Gasteiger partial charge is 0.314 e. The zero-order valence-corrected chi connectivity index (χ0v) is 14.7. The van der Waals surface area contributed by atoms with Gasteiger partial charge in [0.2, 0.25) is 0 Å². The van der Waals surface area contributed by atoms with Crippen LogP contribution in [0.2, 0.25) is 0 Å². The lowest BCUT2D eigenvalue weighted by Gasteiger charge is -2.41. The van der Waals surface area contributed by atoms with Crippen LogP contribution >= 0.6 is 0 Å². The van der Waals surface area contributed by atoms with Crippen molar-refractivity contribution in [3.05, 3.63) is 0 Å². The molecule has 1 saturated carbocycles. The molecule has 1 saturated heterocycles. The number of sulfone groups is 1. The molecule has 21 heavy (non-hydrogen) atoms. The molecule has 5 heteroatoms. The van der Waals surface area contributed by atoms with Gasteiger partial charge in [-0.3, -0.25) is 0 Å². The van der Waals surface area contributed by atoms with Gasteiger partial charge in [-0.05, 0) is 43.6 Å². The minimum atomic E-state index is -2.76. The van der Waals surface area contributed by atoms with Gasteiger partial charge in [-0.2, -0.15) is 0 Å². The van der Waals surface area contributed by atoms with E-state index in [4.69, 9.17) is 0 Å². The zero-order valence-electron chi connectivity index (χ0n) is 13.8. The van der Waals surface area contributed by atoms with Gasteiger partial charge >= 0.3 is 0 Å². The molecule has 3 atom stereocenters. The first-order valence-electron chi connectivity index (χ1n) is 8.57. The van der Waals surface area contributed by atoms with Crippen molar-refractivity contribution in [3.63, 3.8) is 0 Å². The van der Waals surface area contributed by atoms with Crippen LogP contribution in [-0.4, -0.2) is 57.0 Å². The minimum Gasteiger partial charge on any atom is -0.314 e. The molecule has 4 nitrogen and oxygen atoms in total. The fraction of sp³-hybridized carbons (Fsp3) is 1.00. The van der Waals surface area contributed by atoms with E-state index in [-0.39, 0.29) is 0 Å². The summed E-state index contributed by atoms with van der Waals surface area (Å²) in [6, 6.07) is 0.614. The van der Waals surface area contributed by atoms with Crippen LogP contribution < -0.4 is 5.32 Å². The Morgan fingerprint density at radius 1 is 1.19 bits per heavy atom. The summed E-state index contributed by atoms with van der Waals surface area (Å²) < 4.78 is 23.1. The Morgan fingerprint density at radius 2 is 1.86 bits per heavy atom. The Morgan fingerprint density at radius 3 is 2.43 bits per heavy atom. The van der Waals surface area contributed by atoms with Crippen molar-refractivity contribution in [3.8, 4) is 0 Å². The number of hydrogen-bond acceptors (Lipinski definition) is 4. The van der Waals surface area contributed by atoms with Gasteiger partial charge in [0.05, 0.1) is 11.5 Å². The Bertz CT molecular complexity index is 408. The van der Waals surface area contributed by atoms with Gasteiger partial charge in [-0.15, -0.1) is 0 Å². The lowest BCUT2D eigenvalue weighted by molar-refractivity contribution is 0.126. The summed E-state index contributed by atoms with van der Waals surface area (Å²) in [5.41, 5.74) is 0. The summed E-state index contributed by atoms with van der Waals surface area (Å²) in [6.07, 6.45) is 3.90. The summed E-state index contributed by atoms with van der Waals surface area (Å²) >= 11 is 0. The van der Waals surface area contributed by atoms with E-state index in [0.717, 1.165) is 38.0 Å². The maximum absolute atomic E-state index is 11.6. The van der Waals surface area contributed by atoms with Gasteiger partial charge in [-0.25, -0.2) is 8.42 Å². The number of nitrogens with one attached hydrogen (secondary N) is 1. The molecule has 0 aromatic carbocycles. The van der Waals surface area contributed by atoms with E-state index in [1.54, 1.807) is 0 Å². The third-order valence-corrected chi connectivity index (χ3v) is 6.97. The normalized spacial score (nSPS) is 34.2. The predicted molar refractivity (Wildman–Crippen MR) is 88.2 cm³/mol. The second-order valence-corrected chi connectivity index (χ2v) is 9.50. The highest BCUT2D eigenvalue weighted by molar-refractivity contribution is 7.91. The van der Waals surface area contributed by atoms with Crippen LogP contribution in [0.1, 0.15) is 40.0 Å². The molecule has 2 aliphatic rings. The SMILES string of the molecule is CCNC1CCC(C(C)C)CC1CN1CCS(=O)(=O)CC1. The van der Waals surface area contributed by atoms with Gasteiger partial charge in [0.25, 0.3) is 0 Å². The van der Waals surface area contributed by atoms with Crippen molar-refractivity contribution < 1.29 is 8.42 Å². The minimum absolute atomic E-state index is 0.346. The summed E-state index contributed by atoms with van der Waals surface area (Å²) in [5.74, 6) is 2.96. The van der Waals surface area contributed by atoms with E-state index in [0.29, 0.717) is 23.5 Å². The van der Waals surface area contributed by atoms with Crippen LogP contribution in [0.4, 0.5) is 0 Å². The molecule has 2 rings (SSSR count). The molecule has 0 aromatic rings. The number of rotatable bonds is 5. The van der Waals surface area contributed by atoms with Crippen molar-refractivity contribution in [2.45, 2.75) is 46.1 Å². The highest BCUT2D eigenvalue weighted by Gasteiger charge is 2.33. The second-order valence-electron chi connectivity index (χ2n) is 7.19. The topological polar surface area (TPSA) is 49.4 Å². The quantitative estimate of drug-likeness (QED) is 0.840. The van der Waals surface area contributed by atoms with Gasteiger partial charge in [0.1, 0.15) is 0 Å². The van der Waals surface area contributed by atoms with Gasteiger partial charge in [-0.1, -0.05) is 20.8 Å². The Kier molecular flexibility index (Phi) is 6.09. The maximum atomic E-state index is 11.6. The molecule has 1 aliphatic heterocycles.